The van der Waals surface area contributed by atoms with Gasteiger partial charge in [-0.1, -0.05) is 36.4 Å². The summed E-state index contributed by atoms with van der Waals surface area (Å²) in [5, 5.41) is 7.22. The molecule has 2 amide bonds. The van der Waals surface area contributed by atoms with Crippen molar-refractivity contribution in [1.82, 2.24) is 14.7 Å². The number of nitrogens with one attached hydrogen (secondary N) is 1. The smallest absolute Gasteiger partial charge is 0.276 e. The first-order chi connectivity index (χ1) is 12.5. The van der Waals surface area contributed by atoms with Gasteiger partial charge in [0.2, 0.25) is 5.91 Å². The van der Waals surface area contributed by atoms with Crippen LogP contribution in [0.1, 0.15) is 23.0 Å². The van der Waals surface area contributed by atoms with Gasteiger partial charge >= 0.3 is 0 Å². The van der Waals surface area contributed by atoms with Gasteiger partial charge in [0.25, 0.3) is 5.91 Å². The number of benzene rings is 2. The Kier molecular flexibility index (Phi) is 5.12. The van der Waals surface area contributed by atoms with Crippen LogP contribution in [0.4, 0.5) is 5.69 Å². The molecule has 0 atom stereocenters. The fourth-order valence-corrected chi connectivity index (χ4v) is 2.50. The number of amides is 2. The van der Waals surface area contributed by atoms with Crippen LogP contribution in [0.2, 0.25) is 0 Å². The number of hydrogen-bond acceptors (Lipinski definition) is 3. The number of rotatable bonds is 5. The molecule has 0 radical (unpaired) electrons. The van der Waals surface area contributed by atoms with Crippen LogP contribution < -0.4 is 5.32 Å². The molecule has 0 unspecified atom stereocenters. The molecule has 1 heterocycles. The maximum atomic E-state index is 12.6. The highest BCUT2D eigenvalue weighted by atomic mass is 16.2. The van der Waals surface area contributed by atoms with Crippen molar-refractivity contribution in [2.45, 2.75) is 13.5 Å². The fourth-order valence-electron chi connectivity index (χ4n) is 2.50. The van der Waals surface area contributed by atoms with E-state index in [1.807, 2.05) is 54.6 Å². The van der Waals surface area contributed by atoms with Crippen LogP contribution in [0, 0.1) is 0 Å². The van der Waals surface area contributed by atoms with Crippen molar-refractivity contribution >= 4 is 17.5 Å². The minimum Gasteiger partial charge on any atom is -0.342 e. The Hall–Kier alpha value is -3.41. The van der Waals surface area contributed by atoms with E-state index in [2.05, 4.69) is 10.4 Å². The van der Waals surface area contributed by atoms with Crippen LogP contribution in [0.3, 0.4) is 0 Å². The standard InChI is InChI=1S/C20H20N4O2/c1-15(25)23(2)14-16-8-6-7-11-18(16)21-20(26)19-12-13-24(22-19)17-9-4-3-5-10-17/h3-13H,14H2,1-2H3,(H,21,26). The molecule has 6 heteroatoms. The molecule has 0 bridgehead atoms. The van der Waals surface area contributed by atoms with Crippen molar-refractivity contribution in [1.29, 1.82) is 0 Å². The van der Waals surface area contributed by atoms with Crippen molar-refractivity contribution < 1.29 is 9.59 Å². The van der Waals surface area contributed by atoms with Gasteiger partial charge in [-0.3, -0.25) is 9.59 Å². The van der Waals surface area contributed by atoms with Gasteiger partial charge in [-0.15, -0.1) is 0 Å². The second-order valence-electron chi connectivity index (χ2n) is 5.97. The predicted molar refractivity (Wildman–Crippen MR) is 100 cm³/mol. The zero-order chi connectivity index (χ0) is 18.5. The molecule has 0 saturated heterocycles. The fraction of sp³-hybridized carbons (Fsp3) is 0.150. The molecule has 1 aromatic heterocycles. The summed E-state index contributed by atoms with van der Waals surface area (Å²) >= 11 is 0. The largest absolute Gasteiger partial charge is 0.342 e. The Balaban J connectivity index is 1.77. The van der Waals surface area contributed by atoms with Gasteiger partial charge in [0.05, 0.1) is 5.69 Å². The maximum Gasteiger partial charge on any atom is 0.276 e. The van der Waals surface area contributed by atoms with E-state index in [0.717, 1.165) is 11.3 Å². The van der Waals surface area contributed by atoms with Crippen LogP contribution in [0.25, 0.3) is 5.69 Å². The van der Waals surface area contributed by atoms with Gasteiger partial charge in [0.1, 0.15) is 0 Å². The third-order valence-electron chi connectivity index (χ3n) is 4.05. The van der Waals surface area contributed by atoms with E-state index in [4.69, 9.17) is 0 Å². The van der Waals surface area contributed by atoms with E-state index < -0.39 is 0 Å². The van der Waals surface area contributed by atoms with Crippen molar-refractivity contribution in [2.24, 2.45) is 0 Å². The van der Waals surface area contributed by atoms with Crippen LogP contribution >= 0.6 is 0 Å². The van der Waals surface area contributed by atoms with Crippen LogP contribution in [0.15, 0.2) is 66.9 Å². The molecule has 2 aromatic carbocycles. The van der Waals surface area contributed by atoms with Crippen LogP contribution in [0.5, 0.6) is 0 Å². The molecule has 0 aliphatic carbocycles. The SMILES string of the molecule is CC(=O)N(C)Cc1ccccc1NC(=O)c1ccn(-c2ccccc2)n1. The summed E-state index contributed by atoms with van der Waals surface area (Å²) < 4.78 is 1.66. The quantitative estimate of drug-likeness (QED) is 0.770. The molecule has 26 heavy (non-hydrogen) atoms. The zero-order valence-corrected chi connectivity index (χ0v) is 14.7. The van der Waals surface area contributed by atoms with E-state index in [0.29, 0.717) is 17.9 Å². The van der Waals surface area contributed by atoms with Gasteiger partial charge in [-0.2, -0.15) is 5.10 Å². The van der Waals surface area contributed by atoms with E-state index in [9.17, 15) is 9.59 Å². The number of nitrogens with zero attached hydrogens (tertiary/aromatic N) is 3. The van der Waals surface area contributed by atoms with E-state index >= 15 is 0 Å². The Labute approximate surface area is 152 Å². The Morgan fingerprint density at radius 2 is 1.73 bits per heavy atom. The second-order valence-corrected chi connectivity index (χ2v) is 5.97. The lowest BCUT2D eigenvalue weighted by molar-refractivity contribution is -0.128. The number of carbonyl (C=O) groups excluding carboxylic acids is 2. The highest BCUT2D eigenvalue weighted by molar-refractivity contribution is 6.03. The molecule has 3 rings (SSSR count). The molecule has 0 saturated carbocycles. The van der Waals surface area contributed by atoms with Gasteiger partial charge < -0.3 is 10.2 Å². The molecular weight excluding hydrogens is 328 g/mol. The highest BCUT2D eigenvalue weighted by Crippen LogP contribution is 2.18. The molecule has 0 spiro atoms. The highest BCUT2D eigenvalue weighted by Gasteiger charge is 2.14. The third-order valence-corrected chi connectivity index (χ3v) is 4.05. The predicted octanol–water partition coefficient (Wildman–Crippen LogP) is 3.10. The monoisotopic (exact) mass is 348 g/mol. The number of carbonyl (C=O) groups is 2. The Morgan fingerprint density at radius 3 is 2.46 bits per heavy atom. The Bertz CT molecular complexity index is 918. The summed E-state index contributed by atoms with van der Waals surface area (Å²) in [6.07, 6.45) is 1.75. The summed E-state index contributed by atoms with van der Waals surface area (Å²) in [4.78, 5) is 25.6. The molecule has 0 aliphatic heterocycles. The number of aromatic nitrogens is 2. The molecular formula is C20H20N4O2. The minimum atomic E-state index is -0.294. The first-order valence-electron chi connectivity index (χ1n) is 8.26. The summed E-state index contributed by atoms with van der Waals surface area (Å²) in [6, 6.07) is 18.7. The number of para-hydroxylation sites is 2. The van der Waals surface area contributed by atoms with Gasteiger partial charge in [-0.05, 0) is 29.8 Å². The average molecular weight is 348 g/mol. The summed E-state index contributed by atoms with van der Waals surface area (Å²) in [7, 11) is 1.72. The number of anilines is 1. The lowest BCUT2D eigenvalue weighted by atomic mass is 10.1. The molecule has 6 nitrogen and oxygen atoms in total. The molecule has 3 aromatic rings. The zero-order valence-electron chi connectivity index (χ0n) is 14.7. The third kappa shape index (κ3) is 3.97. The van der Waals surface area contributed by atoms with Crippen molar-refractivity contribution in [3.63, 3.8) is 0 Å². The molecule has 1 N–H and O–H groups in total. The van der Waals surface area contributed by atoms with Gasteiger partial charge in [0.15, 0.2) is 5.69 Å². The van der Waals surface area contributed by atoms with Crippen molar-refractivity contribution in [2.75, 3.05) is 12.4 Å². The van der Waals surface area contributed by atoms with Gasteiger partial charge in [0, 0.05) is 32.4 Å². The first-order valence-corrected chi connectivity index (χ1v) is 8.26. The normalized spacial score (nSPS) is 10.4. The van der Waals surface area contributed by atoms with E-state index in [-0.39, 0.29) is 11.8 Å². The lowest BCUT2D eigenvalue weighted by Crippen LogP contribution is -2.24. The Morgan fingerprint density at radius 1 is 1.04 bits per heavy atom. The van der Waals surface area contributed by atoms with E-state index in [1.165, 1.54) is 6.92 Å². The second kappa shape index (κ2) is 7.65. The minimum absolute atomic E-state index is 0.0345. The summed E-state index contributed by atoms with van der Waals surface area (Å²) in [6.45, 7) is 1.93. The van der Waals surface area contributed by atoms with E-state index in [1.54, 1.807) is 28.9 Å². The van der Waals surface area contributed by atoms with Crippen molar-refractivity contribution in [3.05, 3.63) is 78.1 Å². The average Bonchev–Trinajstić information content (AvgIpc) is 3.14. The first kappa shape index (κ1) is 17.4. The number of hydrogen-bond donors (Lipinski definition) is 1. The molecule has 0 fully saturated rings. The summed E-state index contributed by atoms with van der Waals surface area (Å²) in [5.41, 5.74) is 2.74. The maximum absolute atomic E-state index is 12.6. The molecule has 132 valence electrons. The lowest BCUT2D eigenvalue weighted by Gasteiger charge is -2.17. The van der Waals surface area contributed by atoms with Gasteiger partial charge in [-0.25, -0.2) is 4.68 Å². The van der Waals surface area contributed by atoms with Crippen LogP contribution in [-0.4, -0.2) is 33.5 Å². The summed E-state index contributed by atoms with van der Waals surface area (Å²) in [5.74, 6) is -0.328. The molecule has 0 aliphatic rings. The van der Waals surface area contributed by atoms with Crippen molar-refractivity contribution in [3.8, 4) is 5.69 Å². The topological polar surface area (TPSA) is 67.2 Å². The van der Waals surface area contributed by atoms with Crippen LogP contribution in [-0.2, 0) is 11.3 Å².